The number of rotatable bonds is 5. The standard InChI is InChI=1S/C26H22F3N5O3/c27-26(28,29)37-22-9-5-4-8-19(22)24(35)32-21-10-11-34(15-20(21)16-6-2-1-3-7-16)25(36)18-12-17-14-31-33-23(17)30-13-18/h1-9,12-14,20-21H,10-11,15H2,(H,32,35)(H,30,31,33)/t20-,21-/m1/s1. The number of amides is 2. The first-order chi connectivity index (χ1) is 17.8. The summed E-state index contributed by atoms with van der Waals surface area (Å²) >= 11 is 0. The average molecular weight is 509 g/mol. The van der Waals surface area contributed by atoms with Crippen LogP contribution in [-0.4, -0.2) is 57.4 Å². The fourth-order valence-electron chi connectivity index (χ4n) is 4.60. The third-order valence-electron chi connectivity index (χ3n) is 6.34. The van der Waals surface area contributed by atoms with Crippen LogP contribution in [0.2, 0.25) is 0 Å². The molecule has 1 fully saturated rings. The molecule has 2 amide bonds. The van der Waals surface area contributed by atoms with Crippen LogP contribution in [-0.2, 0) is 0 Å². The molecule has 37 heavy (non-hydrogen) atoms. The Morgan fingerprint density at radius 1 is 1.05 bits per heavy atom. The Balaban J connectivity index is 1.37. The van der Waals surface area contributed by atoms with Crippen LogP contribution in [0.1, 0.15) is 38.6 Å². The number of nitrogens with one attached hydrogen (secondary N) is 2. The van der Waals surface area contributed by atoms with E-state index in [1.165, 1.54) is 24.4 Å². The lowest BCUT2D eigenvalue weighted by molar-refractivity contribution is -0.274. The molecular weight excluding hydrogens is 487 g/mol. The molecule has 0 saturated carbocycles. The molecule has 11 heteroatoms. The van der Waals surface area contributed by atoms with Gasteiger partial charge in [-0.2, -0.15) is 5.10 Å². The van der Waals surface area contributed by atoms with E-state index in [1.54, 1.807) is 17.2 Å². The van der Waals surface area contributed by atoms with Gasteiger partial charge < -0.3 is 15.0 Å². The topological polar surface area (TPSA) is 100 Å². The van der Waals surface area contributed by atoms with Crippen molar-refractivity contribution in [2.45, 2.75) is 24.7 Å². The molecule has 1 saturated heterocycles. The van der Waals surface area contributed by atoms with Crippen molar-refractivity contribution in [3.8, 4) is 5.75 Å². The summed E-state index contributed by atoms with van der Waals surface area (Å²) in [6.07, 6.45) is -1.44. The molecule has 2 aromatic carbocycles. The largest absolute Gasteiger partial charge is 0.573 e. The quantitative estimate of drug-likeness (QED) is 0.418. The summed E-state index contributed by atoms with van der Waals surface area (Å²) in [6.45, 7) is 0.648. The summed E-state index contributed by atoms with van der Waals surface area (Å²) in [4.78, 5) is 32.3. The van der Waals surface area contributed by atoms with Gasteiger partial charge in [-0.05, 0) is 30.2 Å². The lowest BCUT2D eigenvalue weighted by atomic mass is 9.85. The van der Waals surface area contributed by atoms with Crippen molar-refractivity contribution in [1.29, 1.82) is 0 Å². The molecular formula is C26H22F3N5O3. The molecule has 0 unspecified atom stereocenters. The van der Waals surface area contributed by atoms with Crippen molar-refractivity contribution in [2.24, 2.45) is 0 Å². The fourth-order valence-corrected chi connectivity index (χ4v) is 4.60. The molecule has 2 aromatic heterocycles. The maximum absolute atomic E-state index is 13.3. The van der Waals surface area contributed by atoms with Crippen molar-refractivity contribution >= 4 is 22.8 Å². The number of likely N-dealkylation sites (tertiary alicyclic amines) is 1. The van der Waals surface area contributed by atoms with Gasteiger partial charge in [0.15, 0.2) is 5.65 Å². The molecule has 2 N–H and O–H groups in total. The van der Waals surface area contributed by atoms with Crippen molar-refractivity contribution in [3.05, 3.63) is 89.7 Å². The molecule has 8 nitrogen and oxygen atoms in total. The molecule has 1 aliphatic heterocycles. The third-order valence-corrected chi connectivity index (χ3v) is 6.34. The number of benzene rings is 2. The first-order valence-electron chi connectivity index (χ1n) is 11.6. The van der Waals surface area contributed by atoms with Gasteiger partial charge in [0.2, 0.25) is 0 Å². The molecule has 4 aromatic rings. The second kappa shape index (κ2) is 9.92. The van der Waals surface area contributed by atoms with Gasteiger partial charge in [-0.25, -0.2) is 4.98 Å². The van der Waals surface area contributed by atoms with Crippen LogP contribution in [0.4, 0.5) is 13.2 Å². The monoisotopic (exact) mass is 509 g/mol. The molecule has 0 spiro atoms. The maximum Gasteiger partial charge on any atom is 0.573 e. The molecule has 1 aliphatic rings. The van der Waals surface area contributed by atoms with Gasteiger partial charge in [0.1, 0.15) is 5.75 Å². The minimum atomic E-state index is -4.93. The van der Waals surface area contributed by atoms with E-state index < -0.39 is 24.1 Å². The van der Waals surface area contributed by atoms with E-state index in [4.69, 9.17) is 0 Å². The van der Waals surface area contributed by atoms with Crippen molar-refractivity contribution in [2.75, 3.05) is 13.1 Å². The number of carbonyl (C=O) groups is 2. The van der Waals surface area contributed by atoms with Gasteiger partial charge in [0.05, 0.1) is 17.3 Å². The van der Waals surface area contributed by atoms with Crippen LogP contribution in [0.25, 0.3) is 11.0 Å². The Kier molecular flexibility index (Phi) is 6.51. The Morgan fingerprint density at radius 2 is 1.81 bits per heavy atom. The number of para-hydroxylation sites is 1. The van der Waals surface area contributed by atoms with E-state index in [1.807, 2.05) is 30.3 Å². The van der Waals surface area contributed by atoms with Crippen molar-refractivity contribution in [1.82, 2.24) is 25.4 Å². The Bertz CT molecular complexity index is 1420. The number of nitrogens with zero attached hydrogens (tertiary/aromatic N) is 3. The predicted octanol–water partition coefficient (Wildman–Crippen LogP) is 4.28. The Labute approximate surface area is 209 Å². The second-order valence-corrected chi connectivity index (χ2v) is 8.71. The van der Waals surface area contributed by atoms with Gasteiger partial charge in [0.25, 0.3) is 11.8 Å². The molecule has 190 valence electrons. The van der Waals surface area contributed by atoms with E-state index in [0.717, 1.165) is 11.6 Å². The SMILES string of the molecule is O=C(N[C@@H]1CCN(C(=O)c2cnc3[nH]ncc3c2)C[C@@H]1c1ccccc1)c1ccccc1OC(F)(F)F. The number of hydrogen-bond acceptors (Lipinski definition) is 5. The molecule has 0 radical (unpaired) electrons. The number of H-pyrrole nitrogens is 1. The van der Waals surface area contributed by atoms with Gasteiger partial charge in [0, 0.05) is 36.6 Å². The smallest absolute Gasteiger partial charge is 0.405 e. The van der Waals surface area contributed by atoms with E-state index in [2.05, 4.69) is 25.2 Å². The summed E-state index contributed by atoms with van der Waals surface area (Å²) in [5.74, 6) is -1.74. The number of piperidine rings is 1. The number of halogens is 3. The zero-order valence-corrected chi connectivity index (χ0v) is 19.4. The summed E-state index contributed by atoms with van der Waals surface area (Å²) in [5, 5.41) is 10.3. The van der Waals surface area contributed by atoms with Gasteiger partial charge in [-0.1, -0.05) is 42.5 Å². The molecule has 0 aliphatic carbocycles. The number of pyridine rings is 1. The summed E-state index contributed by atoms with van der Waals surface area (Å²) < 4.78 is 42.6. The summed E-state index contributed by atoms with van der Waals surface area (Å²) in [5.41, 5.74) is 1.68. The lowest BCUT2D eigenvalue weighted by Gasteiger charge is -2.39. The second-order valence-electron chi connectivity index (χ2n) is 8.71. The molecule has 0 bridgehead atoms. The predicted molar refractivity (Wildman–Crippen MR) is 128 cm³/mol. The highest BCUT2D eigenvalue weighted by Crippen LogP contribution is 2.30. The number of ether oxygens (including phenoxy) is 1. The van der Waals surface area contributed by atoms with Crippen LogP contribution < -0.4 is 10.1 Å². The van der Waals surface area contributed by atoms with Gasteiger partial charge in [-0.15, -0.1) is 13.2 Å². The number of hydrogen-bond donors (Lipinski definition) is 2. The van der Waals surface area contributed by atoms with Crippen LogP contribution in [0, 0.1) is 0 Å². The van der Waals surface area contributed by atoms with Crippen LogP contribution >= 0.6 is 0 Å². The summed E-state index contributed by atoms with van der Waals surface area (Å²) in [6, 6.07) is 15.9. The Hall–Kier alpha value is -4.41. The fraction of sp³-hybridized carbons (Fsp3) is 0.231. The average Bonchev–Trinajstić information content (AvgIpc) is 3.36. The summed E-state index contributed by atoms with van der Waals surface area (Å²) in [7, 11) is 0. The molecule has 5 rings (SSSR count). The number of aromatic nitrogens is 3. The zero-order valence-electron chi connectivity index (χ0n) is 19.4. The minimum absolute atomic E-state index is 0.203. The van der Waals surface area contributed by atoms with Crippen LogP contribution in [0.3, 0.4) is 0 Å². The van der Waals surface area contributed by atoms with Gasteiger partial charge in [-0.3, -0.25) is 14.7 Å². The molecule has 3 heterocycles. The van der Waals surface area contributed by atoms with Crippen LogP contribution in [0.5, 0.6) is 5.75 Å². The normalized spacial score (nSPS) is 18.0. The van der Waals surface area contributed by atoms with E-state index in [-0.39, 0.29) is 17.4 Å². The maximum atomic E-state index is 13.3. The highest BCUT2D eigenvalue weighted by molar-refractivity contribution is 5.98. The number of fused-ring (bicyclic) bond motifs is 1. The van der Waals surface area contributed by atoms with Crippen molar-refractivity contribution < 1.29 is 27.5 Å². The number of alkyl halides is 3. The van der Waals surface area contributed by atoms with Crippen LogP contribution in [0.15, 0.2) is 73.1 Å². The molecule has 2 atom stereocenters. The van der Waals surface area contributed by atoms with E-state index in [0.29, 0.717) is 36.1 Å². The minimum Gasteiger partial charge on any atom is -0.405 e. The number of aromatic amines is 1. The van der Waals surface area contributed by atoms with Gasteiger partial charge >= 0.3 is 6.36 Å². The van der Waals surface area contributed by atoms with E-state index in [9.17, 15) is 22.8 Å². The first kappa shape index (κ1) is 24.3. The number of carbonyl (C=O) groups excluding carboxylic acids is 2. The third kappa shape index (κ3) is 5.40. The lowest BCUT2D eigenvalue weighted by Crippen LogP contribution is -2.51. The van der Waals surface area contributed by atoms with E-state index >= 15 is 0 Å². The zero-order chi connectivity index (χ0) is 26.0. The highest BCUT2D eigenvalue weighted by Gasteiger charge is 2.36. The van der Waals surface area contributed by atoms with Crippen molar-refractivity contribution in [3.63, 3.8) is 0 Å². The first-order valence-corrected chi connectivity index (χ1v) is 11.6. The Morgan fingerprint density at radius 3 is 2.59 bits per heavy atom. The highest BCUT2D eigenvalue weighted by atomic mass is 19.4.